The molecular weight excluding hydrogens is 274 g/mol. The summed E-state index contributed by atoms with van der Waals surface area (Å²) < 4.78 is 11.2. The summed E-state index contributed by atoms with van der Waals surface area (Å²) in [5.41, 5.74) is 3.59. The van der Waals surface area contributed by atoms with E-state index >= 15 is 0 Å². The van der Waals surface area contributed by atoms with Crippen LogP contribution in [0, 0.1) is 0 Å². The molecular formula is C10H16BrN3O2. The predicted molar refractivity (Wildman–Crippen MR) is 64.6 cm³/mol. The fourth-order valence-electron chi connectivity index (χ4n) is 1.41. The van der Waals surface area contributed by atoms with Crippen LogP contribution in [0.3, 0.4) is 0 Å². The second-order valence-electron chi connectivity index (χ2n) is 3.28. The fraction of sp³-hybridized carbons (Fsp3) is 0.500. The summed E-state index contributed by atoms with van der Waals surface area (Å²) in [6.45, 7) is 0. The molecule has 0 spiro atoms. The number of ether oxygens (including phenoxy) is 2. The van der Waals surface area contributed by atoms with Gasteiger partial charge in [-0.2, -0.15) is 0 Å². The summed E-state index contributed by atoms with van der Waals surface area (Å²) in [6, 6.07) is 3.73. The van der Waals surface area contributed by atoms with E-state index in [1.54, 1.807) is 20.4 Å². The van der Waals surface area contributed by atoms with Gasteiger partial charge in [0.05, 0.1) is 6.04 Å². The SMILES string of the molecule is COC(OC)C(Cc1ccc(Br)cn1)NN. The summed E-state index contributed by atoms with van der Waals surface area (Å²) in [4.78, 5) is 4.26. The standard InChI is InChI=1S/C10H16BrN3O2/c1-15-10(16-2)9(14-12)5-8-4-3-7(11)6-13-8/h3-4,6,9-10,14H,5,12H2,1-2H3. The summed E-state index contributed by atoms with van der Waals surface area (Å²) in [7, 11) is 3.15. The van der Waals surface area contributed by atoms with Gasteiger partial charge in [0.25, 0.3) is 0 Å². The second-order valence-corrected chi connectivity index (χ2v) is 4.20. The highest BCUT2D eigenvalue weighted by molar-refractivity contribution is 9.10. The maximum Gasteiger partial charge on any atom is 0.173 e. The molecule has 0 saturated carbocycles. The average Bonchev–Trinajstić information content (AvgIpc) is 2.32. The number of rotatable bonds is 6. The van der Waals surface area contributed by atoms with Crippen molar-refractivity contribution in [3.63, 3.8) is 0 Å². The van der Waals surface area contributed by atoms with Crippen LogP contribution in [-0.2, 0) is 15.9 Å². The van der Waals surface area contributed by atoms with E-state index in [0.29, 0.717) is 6.42 Å². The van der Waals surface area contributed by atoms with Gasteiger partial charge in [-0.15, -0.1) is 0 Å². The largest absolute Gasteiger partial charge is 0.354 e. The fourth-order valence-corrected chi connectivity index (χ4v) is 1.65. The first-order chi connectivity index (χ1) is 7.71. The number of hydrazine groups is 1. The van der Waals surface area contributed by atoms with Gasteiger partial charge in [-0.25, -0.2) is 0 Å². The number of aromatic nitrogens is 1. The molecule has 6 heteroatoms. The number of nitrogens with two attached hydrogens (primary N) is 1. The van der Waals surface area contributed by atoms with Crippen molar-refractivity contribution >= 4 is 15.9 Å². The second kappa shape index (κ2) is 6.93. The molecule has 0 aliphatic heterocycles. The van der Waals surface area contributed by atoms with E-state index in [4.69, 9.17) is 15.3 Å². The Morgan fingerprint density at radius 1 is 1.44 bits per heavy atom. The van der Waals surface area contributed by atoms with E-state index in [9.17, 15) is 0 Å². The highest BCUT2D eigenvalue weighted by atomic mass is 79.9. The molecule has 5 nitrogen and oxygen atoms in total. The lowest BCUT2D eigenvalue weighted by atomic mass is 10.1. The van der Waals surface area contributed by atoms with Crippen molar-refractivity contribution in [1.82, 2.24) is 10.4 Å². The summed E-state index contributed by atoms with van der Waals surface area (Å²) in [5, 5.41) is 0. The van der Waals surface area contributed by atoms with Crippen LogP contribution in [-0.4, -0.2) is 31.5 Å². The van der Waals surface area contributed by atoms with Crippen LogP contribution >= 0.6 is 15.9 Å². The average molecular weight is 290 g/mol. The van der Waals surface area contributed by atoms with E-state index in [1.807, 2.05) is 12.1 Å². The Morgan fingerprint density at radius 2 is 2.12 bits per heavy atom. The van der Waals surface area contributed by atoms with Crippen molar-refractivity contribution in [2.75, 3.05) is 14.2 Å². The number of nitrogens with one attached hydrogen (secondary N) is 1. The minimum absolute atomic E-state index is 0.135. The first-order valence-electron chi connectivity index (χ1n) is 4.83. The Kier molecular flexibility index (Phi) is 5.86. The van der Waals surface area contributed by atoms with E-state index in [2.05, 4.69) is 26.3 Å². The van der Waals surface area contributed by atoms with Crippen LogP contribution in [0.5, 0.6) is 0 Å². The summed E-state index contributed by atoms with van der Waals surface area (Å²) in [5.74, 6) is 5.46. The van der Waals surface area contributed by atoms with Crippen LogP contribution in [0.2, 0.25) is 0 Å². The molecule has 1 heterocycles. The number of hydrogen-bond donors (Lipinski definition) is 2. The van der Waals surface area contributed by atoms with E-state index in [-0.39, 0.29) is 6.04 Å². The Labute approximate surface area is 103 Å². The van der Waals surface area contributed by atoms with Crippen molar-refractivity contribution < 1.29 is 9.47 Å². The third-order valence-corrected chi connectivity index (χ3v) is 2.69. The highest BCUT2D eigenvalue weighted by Crippen LogP contribution is 2.10. The lowest BCUT2D eigenvalue weighted by molar-refractivity contribution is -0.122. The zero-order chi connectivity index (χ0) is 12.0. The van der Waals surface area contributed by atoms with Crippen LogP contribution < -0.4 is 11.3 Å². The first kappa shape index (κ1) is 13.5. The minimum atomic E-state index is -0.393. The molecule has 16 heavy (non-hydrogen) atoms. The number of halogens is 1. The van der Waals surface area contributed by atoms with E-state index in [0.717, 1.165) is 10.2 Å². The molecule has 1 rings (SSSR count). The quantitative estimate of drug-likeness (QED) is 0.461. The van der Waals surface area contributed by atoms with Gasteiger partial charge in [0.15, 0.2) is 6.29 Å². The van der Waals surface area contributed by atoms with Gasteiger partial charge < -0.3 is 9.47 Å². The van der Waals surface area contributed by atoms with E-state index in [1.165, 1.54) is 0 Å². The Morgan fingerprint density at radius 3 is 2.56 bits per heavy atom. The Balaban J connectivity index is 2.65. The van der Waals surface area contributed by atoms with Crippen molar-refractivity contribution in [3.05, 3.63) is 28.5 Å². The molecule has 0 bridgehead atoms. The van der Waals surface area contributed by atoms with Gasteiger partial charge >= 0.3 is 0 Å². The van der Waals surface area contributed by atoms with Gasteiger partial charge in [-0.3, -0.25) is 16.3 Å². The smallest absolute Gasteiger partial charge is 0.173 e. The zero-order valence-electron chi connectivity index (χ0n) is 9.31. The molecule has 0 aliphatic rings. The van der Waals surface area contributed by atoms with Gasteiger partial charge in [0, 0.05) is 37.0 Å². The lowest BCUT2D eigenvalue weighted by Crippen LogP contribution is -2.47. The number of hydrogen-bond acceptors (Lipinski definition) is 5. The maximum absolute atomic E-state index is 5.46. The van der Waals surface area contributed by atoms with Crippen LogP contribution in [0.1, 0.15) is 5.69 Å². The Bertz CT molecular complexity index is 303. The van der Waals surface area contributed by atoms with Crippen LogP contribution in [0.15, 0.2) is 22.8 Å². The maximum atomic E-state index is 5.46. The number of methoxy groups -OCH3 is 2. The number of nitrogens with zero attached hydrogens (tertiary/aromatic N) is 1. The van der Waals surface area contributed by atoms with Crippen molar-refractivity contribution in [3.8, 4) is 0 Å². The molecule has 3 N–H and O–H groups in total. The van der Waals surface area contributed by atoms with Gasteiger partial charge in [0.2, 0.25) is 0 Å². The molecule has 90 valence electrons. The molecule has 0 aliphatic carbocycles. The molecule has 0 amide bonds. The molecule has 1 unspecified atom stereocenters. The predicted octanol–water partition coefficient (Wildman–Crippen LogP) is 0.837. The zero-order valence-corrected chi connectivity index (χ0v) is 10.9. The van der Waals surface area contributed by atoms with E-state index < -0.39 is 6.29 Å². The van der Waals surface area contributed by atoms with Crippen molar-refractivity contribution in [1.29, 1.82) is 0 Å². The molecule has 0 fully saturated rings. The summed E-state index contributed by atoms with van der Waals surface area (Å²) in [6.07, 6.45) is 1.99. The first-order valence-corrected chi connectivity index (χ1v) is 5.62. The normalized spacial score (nSPS) is 13.1. The number of pyridine rings is 1. The van der Waals surface area contributed by atoms with Crippen molar-refractivity contribution in [2.24, 2.45) is 5.84 Å². The molecule has 0 radical (unpaired) electrons. The van der Waals surface area contributed by atoms with Gasteiger partial charge in [-0.1, -0.05) is 0 Å². The van der Waals surface area contributed by atoms with Gasteiger partial charge in [-0.05, 0) is 28.1 Å². The van der Waals surface area contributed by atoms with Crippen molar-refractivity contribution in [2.45, 2.75) is 18.8 Å². The molecule has 1 aromatic heterocycles. The minimum Gasteiger partial charge on any atom is -0.354 e. The summed E-state index contributed by atoms with van der Waals surface area (Å²) >= 11 is 3.33. The molecule has 1 atom stereocenters. The molecule has 0 aromatic carbocycles. The molecule has 0 saturated heterocycles. The third-order valence-electron chi connectivity index (χ3n) is 2.22. The van der Waals surface area contributed by atoms with Gasteiger partial charge in [0.1, 0.15) is 0 Å². The highest BCUT2D eigenvalue weighted by Gasteiger charge is 2.20. The van der Waals surface area contributed by atoms with Crippen LogP contribution in [0.25, 0.3) is 0 Å². The lowest BCUT2D eigenvalue weighted by Gasteiger charge is -2.23. The topological polar surface area (TPSA) is 69.4 Å². The van der Waals surface area contributed by atoms with Crippen LogP contribution in [0.4, 0.5) is 0 Å². The third kappa shape index (κ3) is 3.80. The molecule has 1 aromatic rings. The Hall–Kier alpha value is -0.530. The monoisotopic (exact) mass is 289 g/mol.